The van der Waals surface area contributed by atoms with Gasteiger partial charge in [-0.15, -0.1) is 0 Å². The summed E-state index contributed by atoms with van der Waals surface area (Å²) in [6.45, 7) is 8.24. The minimum Gasteiger partial charge on any atom is -0.484 e. The molecule has 0 unspecified atom stereocenters. The Bertz CT molecular complexity index is 1010. The van der Waals surface area contributed by atoms with Crippen LogP contribution in [0.1, 0.15) is 19.4 Å². The van der Waals surface area contributed by atoms with Crippen LogP contribution in [0.2, 0.25) is 0 Å². The smallest absolute Gasteiger partial charge is 0.260 e. The molecule has 0 radical (unpaired) electrons. The maximum atomic E-state index is 12.6. The van der Waals surface area contributed by atoms with E-state index in [9.17, 15) is 13.2 Å². The topological polar surface area (TPSA) is 70.2 Å². The number of carbonyl (C=O) groups is 1. The van der Waals surface area contributed by atoms with Gasteiger partial charge >= 0.3 is 0 Å². The van der Waals surface area contributed by atoms with Gasteiger partial charge in [0.05, 0.1) is 4.90 Å². The molecule has 3 rings (SSSR count). The second-order valence-electron chi connectivity index (χ2n) is 7.84. The highest BCUT2D eigenvalue weighted by atomic mass is 32.2. The van der Waals surface area contributed by atoms with Crippen molar-refractivity contribution in [3.05, 3.63) is 66.2 Å². The summed E-state index contributed by atoms with van der Waals surface area (Å²) in [5, 5.41) is 0. The molecule has 1 aliphatic rings. The number of amides is 1. The van der Waals surface area contributed by atoms with E-state index in [1.54, 1.807) is 12.1 Å². The van der Waals surface area contributed by atoms with E-state index in [2.05, 4.69) is 29.2 Å². The Hall–Kier alpha value is -2.68. The molecule has 8 heteroatoms. The van der Waals surface area contributed by atoms with Crippen molar-refractivity contribution in [1.29, 1.82) is 0 Å². The first-order chi connectivity index (χ1) is 15.9. The normalized spacial score (nSPS) is 15.3. The Morgan fingerprint density at radius 3 is 2.21 bits per heavy atom. The van der Waals surface area contributed by atoms with E-state index in [-0.39, 0.29) is 17.4 Å². The van der Waals surface area contributed by atoms with Gasteiger partial charge in [-0.25, -0.2) is 8.42 Å². The van der Waals surface area contributed by atoms with Crippen LogP contribution in [0, 0.1) is 0 Å². The number of piperazine rings is 1. The van der Waals surface area contributed by atoms with Gasteiger partial charge in [0.25, 0.3) is 5.91 Å². The summed E-state index contributed by atoms with van der Waals surface area (Å²) >= 11 is 0. The predicted octanol–water partition coefficient (Wildman–Crippen LogP) is 2.95. The van der Waals surface area contributed by atoms with E-state index in [0.717, 1.165) is 19.6 Å². The number of hydrogen-bond acceptors (Lipinski definition) is 5. The van der Waals surface area contributed by atoms with Gasteiger partial charge < -0.3 is 9.64 Å². The molecule has 1 saturated heterocycles. The Morgan fingerprint density at radius 2 is 1.61 bits per heavy atom. The van der Waals surface area contributed by atoms with Gasteiger partial charge in [-0.1, -0.05) is 56.3 Å². The minimum atomic E-state index is -3.50. The van der Waals surface area contributed by atoms with Crippen molar-refractivity contribution in [2.45, 2.75) is 18.7 Å². The first-order valence-corrected chi connectivity index (χ1v) is 12.8. The van der Waals surface area contributed by atoms with Gasteiger partial charge in [0, 0.05) is 45.8 Å². The molecule has 1 fully saturated rings. The van der Waals surface area contributed by atoms with Gasteiger partial charge in [0.15, 0.2) is 6.61 Å². The third-order valence-corrected chi connectivity index (χ3v) is 7.79. The van der Waals surface area contributed by atoms with Crippen LogP contribution in [0.4, 0.5) is 0 Å². The fourth-order valence-corrected chi connectivity index (χ4v) is 5.20. The predicted molar refractivity (Wildman–Crippen MR) is 131 cm³/mol. The molecule has 33 heavy (non-hydrogen) atoms. The molecule has 0 aliphatic carbocycles. The molecule has 0 spiro atoms. The maximum absolute atomic E-state index is 12.6. The third-order valence-electron chi connectivity index (χ3n) is 5.73. The number of rotatable bonds is 10. The minimum absolute atomic E-state index is 0.0595. The zero-order valence-electron chi connectivity index (χ0n) is 19.4. The Kier molecular flexibility index (Phi) is 9.05. The zero-order valence-corrected chi connectivity index (χ0v) is 20.2. The highest BCUT2D eigenvalue weighted by Crippen LogP contribution is 2.19. The molecule has 1 amide bonds. The highest BCUT2D eigenvalue weighted by Gasteiger charge is 2.22. The second-order valence-corrected chi connectivity index (χ2v) is 9.78. The lowest BCUT2D eigenvalue weighted by molar-refractivity contribution is -0.135. The van der Waals surface area contributed by atoms with Gasteiger partial charge in [0.1, 0.15) is 5.75 Å². The largest absolute Gasteiger partial charge is 0.484 e. The lowest BCUT2D eigenvalue weighted by atomic mass is 10.2. The lowest BCUT2D eigenvalue weighted by Crippen LogP contribution is -2.49. The van der Waals surface area contributed by atoms with Crippen LogP contribution in [-0.4, -0.2) is 80.9 Å². The molecule has 1 aliphatic heterocycles. The van der Waals surface area contributed by atoms with E-state index >= 15 is 0 Å². The quantitative estimate of drug-likeness (QED) is 0.533. The van der Waals surface area contributed by atoms with Gasteiger partial charge in [-0.2, -0.15) is 4.31 Å². The van der Waals surface area contributed by atoms with E-state index in [1.165, 1.54) is 22.0 Å². The first-order valence-electron chi connectivity index (χ1n) is 11.4. The number of carbonyl (C=O) groups excluding carboxylic acids is 1. The van der Waals surface area contributed by atoms with Crippen molar-refractivity contribution < 1.29 is 17.9 Å². The average Bonchev–Trinajstić information content (AvgIpc) is 2.84. The maximum Gasteiger partial charge on any atom is 0.260 e. The molecule has 0 aromatic heterocycles. The van der Waals surface area contributed by atoms with Crippen molar-refractivity contribution in [1.82, 2.24) is 14.1 Å². The molecule has 7 nitrogen and oxygen atoms in total. The SMILES string of the molecule is CCN(CC)S(=O)(=O)c1ccc(OCC(=O)N2CCN(C/C=C/c3ccccc3)CC2)cc1. The molecule has 0 saturated carbocycles. The lowest BCUT2D eigenvalue weighted by Gasteiger charge is -2.34. The molecule has 178 valence electrons. The number of ether oxygens (including phenoxy) is 1. The summed E-state index contributed by atoms with van der Waals surface area (Å²) in [7, 11) is -3.50. The summed E-state index contributed by atoms with van der Waals surface area (Å²) in [5.41, 5.74) is 1.18. The van der Waals surface area contributed by atoms with E-state index in [4.69, 9.17) is 4.74 Å². The molecular weight excluding hydrogens is 438 g/mol. The fraction of sp³-hybridized carbons (Fsp3) is 0.400. The van der Waals surface area contributed by atoms with E-state index in [1.807, 2.05) is 36.9 Å². The number of benzene rings is 2. The van der Waals surface area contributed by atoms with Crippen LogP contribution >= 0.6 is 0 Å². The molecule has 0 atom stereocenters. The van der Waals surface area contributed by atoms with E-state index in [0.29, 0.717) is 31.9 Å². The Morgan fingerprint density at radius 1 is 0.970 bits per heavy atom. The molecule has 0 N–H and O–H groups in total. The van der Waals surface area contributed by atoms with Crippen molar-refractivity contribution in [3.63, 3.8) is 0 Å². The van der Waals surface area contributed by atoms with Crippen molar-refractivity contribution in [3.8, 4) is 5.75 Å². The van der Waals surface area contributed by atoms with Crippen molar-refractivity contribution >= 4 is 22.0 Å². The number of sulfonamides is 1. The average molecular weight is 472 g/mol. The zero-order chi connectivity index (χ0) is 23.7. The van der Waals surface area contributed by atoms with Crippen LogP contribution in [-0.2, 0) is 14.8 Å². The fourth-order valence-electron chi connectivity index (χ4n) is 3.74. The van der Waals surface area contributed by atoms with Gasteiger partial charge in [-0.05, 0) is 29.8 Å². The van der Waals surface area contributed by atoms with Crippen LogP contribution in [0.15, 0.2) is 65.6 Å². The molecule has 1 heterocycles. The molecule has 2 aromatic carbocycles. The summed E-state index contributed by atoms with van der Waals surface area (Å²) in [6.07, 6.45) is 4.27. The van der Waals surface area contributed by atoms with Gasteiger partial charge in [0.2, 0.25) is 10.0 Å². The van der Waals surface area contributed by atoms with Crippen LogP contribution in [0.25, 0.3) is 6.08 Å². The summed E-state index contributed by atoms with van der Waals surface area (Å²) < 4.78 is 32.1. The molecule has 2 aromatic rings. The monoisotopic (exact) mass is 471 g/mol. The van der Waals surface area contributed by atoms with Crippen molar-refractivity contribution in [2.24, 2.45) is 0 Å². The van der Waals surface area contributed by atoms with Crippen molar-refractivity contribution in [2.75, 3.05) is 52.4 Å². The molecular formula is C25H33N3O4S. The number of nitrogens with zero attached hydrogens (tertiary/aromatic N) is 3. The van der Waals surface area contributed by atoms with Crippen LogP contribution in [0.5, 0.6) is 5.75 Å². The van der Waals surface area contributed by atoms with Crippen LogP contribution < -0.4 is 4.74 Å². The third kappa shape index (κ3) is 6.90. The second kappa shape index (κ2) is 12.0. The Balaban J connectivity index is 1.43. The first kappa shape index (κ1) is 25.0. The summed E-state index contributed by atoms with van der Waals surface area (Å²) in [5.74, 6) is 0.417. The Labute approximate surface area is 197 Å². The molecule has 0 bridgehead atoms. The number of hydrogen-bond donors (Lipinski definition) is 0. The summed E-state index contributed by atoms with van der Waals surface area (Å²) in [6, 6.07) is 16.4. The van der Waals surface area contributed by atoms with Crippen LogP contribution in [0.3, 0.4) is 0 Å². The van der Waals surface area contributed by atoms with Gasteiger partial charge in [-0.3, -0.25) is 9.69 Å². The highest BCUT2D eigenvalue weighted by molar-refractivity contribution is 7.89. The van der Waals surface area contributed by atoms with E-state index < -0.39 is 10.0 Å². The standard InChI is InChI=1S/C25H33N3O4S/c1-3-28(4-2)33(30,31)24-14-12-23(13-15-24)32-21-25(29)27-19-17-26(18-20-27)16-8-11-22-9-6-5-7-10-22/h5-15H,3-4,16-21H2,1-2H3/b11-8+. The summed E-state index contributed by atoms with van der Waals surface area (Å²) in [4.78, 5) is 16.9.